The minimum atomic E-state index is -0.317. The average Bonchev–Trinajstić information content (AvgIpc) is 3.61. The zero-order chi connectivity index (χ0) is 31.7. The van der Waals surface area contributed by atoms with Gasteiger partial charge >= 0.3 is 0 Å². The summed E-state index contributed by atoms with van der Waals surface area (Å²) in [6.45, 7) is 0. The smallest absolute Gasteiger partial charge is 0.123 e. The Bertz CT molecular complexity index is 2850. The number of rotatable bonds is 2. The van der Waals surface area contributed by atoms with Gasteiger partial charge in [0.15, 0.2) is 0 Å². The molecule has 2 aliphatic heterocycles. The summed E-state index contributed by atoms with van der Waals surface area (Å²) in [7, 11) is 0. The van der Waals surface area contributed by atoms with Gasteiger partial charge in [0.2, 0.25) is 0 Å². The molecule has 48 heavy (non-hydrogen) atoms. The molecule has 0 atom stereocenters. The lowest BCUT2D eigenvalue weighted by molar-refractivity contribution is 0.627. The van der Waals surface area contributed by atoms with Crippen LogP contribution in [0.15, 0.2) is 121 Å². The number of nitrogens with one attached hydrogen (secondary N) is 2. The highest BCUT2D eigenvalue weighted by molar-refractivity contribution is 6.19. The van der Waals surface area contributed by atoms with Crippen molar-refractivity contribution in [2.45, 2.75) is 0 Å². The summed E-state index contributed by atoms with van der Waals surface area (Å²) in [4.78, 5) is 18.6. The van der Waals surface area contributed by atoms with E-state index in [1.165, 1.54) is 24.3 Å². The average molecular weight is 621 g/mol. The first-order chi connectivity index (χ1) is 23.6. The van der Waals surface area contributed by atoms with E-state index in [1.807, 2.05) is 0 Å². The lowest BCUT2D eigenvalue weighted by Crippen LogP contribution is -2.00. The van der Waals surface area contributed by atoms with E-state index in [0.29, 0.717) is 11.0 Å². The van der Waals surface area contributed by atoms with Crippen molar-refractivity contribution in [3.8, 4) is 22.3 Å². The van der Waals surface area contributed by atoms with Gasteiger partial charge < -0.3 is 9.97 Å². The predicted octanol–water partition coefficient (Wildman–Crippen LogP) is 10.6. The van der Waals surface area contributed by atoms with Gasteiger partial charge in [0.25, 0.3) is 0 Å². The summed E-state index contributed by atoms with van der Waals surface area (Å²) in [5.41, 5.74) is 6.19. The Labute approximate surface area is 269 Å². The fourth-order valence-corrected chi connectivity index (χ4v) is 7.96. The molecule has 0 fully saturated rings. The van der Waals surface area contributed by atoms with Crippen LogP contribution in [0.5, 0.6) is 0 Å². The molecule has 7 aromatic rings. The third-order valence-corrected chi connectivity index (χ3v) is 9.99. The number of aromatic nitrogens is 4. The molecular weight excluding hydrogens is 598 g/mol. The van der Waals surface area contributed by atoms with E-state index in [1.54, 1.807) is 24.3 Å². The minimum absolute atomic E-state index is 0.317. The van der Waals surface area contributed by atoms with Gasteiger partial charge in [0.05, 0.1) is 43.5 Å². The zero-order valence-corrected chi connectivity index (χ0v) is 25.2. The number of hydrogen-bond donors (Lipinski definition) is 2. The number of halogens is 2. The molecule has 7 aromatic carbocycles. The van der Waals surface area contributed by atoms with Crippen molar-refractivity contribution < 1.29 is 8.78 Å². The van der Waals surface area contributed by atoms with Crippen LogP contribution in [0.2, 0.25) is 0 Å². The van der Waals surface area contributed by atoms with Gasteiger partial charge in [-0.1, -0.05) is 97.1 Å². The van der Waals surface area contributed by atoms with Gasteiger partial charge in [-0.05, 0) is 46.2 Å². The van der Waals surface area contributed by atoms with Gasteiger partial charge in [0.1, 0.15) is 11.6 Å². The van der Waals surface area contributed by atoms with Gasteiger partial charge in [-0.3, -0.25) is 0 Å². The van der Waals surface area contributed by atoms with E-state index < -0.39 is 0 Å². The van der Waals surface area contributed by atoms with E-state index in [0.717, 1.165) is 97.8 Å². The first kappa shape index (κ1) is 25.8. The summed E-state index contributed by atoms with van der Waals surface area (Å²) >= 11 is 0. The van der Waals surface area contributed by atoms with Crippen molar-refractivity contribution >= 4 is 65.2 Å². The van der Waals surface area contributed by atoms with Crippen LogP contribution in [-0.4, -0.2) is 19.9 Å². The molecule has 0 unspecified atom stereocenters. The maximum Gasteiger partial charge on any atom is 0.123 e. The second-order valence-corrected chi connectivity index (χ2v) is 12.6. The molecule has 224 valence electrons. The zero-order valence-electron chi connectivity index (χ0n) is 25.2. The van der Waals surface area contributed by atoms with Crippen LogP contribution >= 0.6 is 0 Å². The molecule has 4 nitrogen and oxygen atoms in total. The fourth-order valence-electron chi connectivity index (χ4n) is 7.96. The topological polar surface area (TPSA) is 57.4 Å². The summed E-state index contributed by atoms with van der Waals surface area (Å²) in [5.74, 6) is -0.633. The summed E-state index contributed by atoms with van der Waals surface area (Å²) in [6, 6.07) is 38.3. The van der Waals surface area contributed by atoms with E-state index in [9.17, 15) is 8.78 Å². The third-order valence-electron chi connectivity index (χ3n) is 9.99. The van der Waals surface area contributed by atoms with Crippen LogP contribution in [-0.2, 0) is 0 Å². The SMILES string of the molecule is Fc1ccc(-c2c3nc4c5cccc6cccc(c=4[nH]c3c(-c3ccc(F)cc3)c3nc4c7cccc8cccc(c=4[nH]c23)c87)c65)cc1. The Morgan fingerprint density at radius 1 is 0.417 bits per heavy atom. The van der Waals surface area contributed by atoms with Crippen LogP contribution in [0, 0.1) is 33.0 Å². The van der Waals surface area contributed by atoms with Gasteiger partial charge in [-0.15, -0.1) is 0 Å². The van der Waals surface area contributed by atoms with E-state index >= 15 is 0 Å². The second kappa shape index (κ2) is 9.11. The third kappa shape index (κ3) is 3.31. The molecule has 2 heterocycles. The molecule has 0 radical (unpaired) electrons. The van der Waals surface area contributed by atoms with Crippen molar-refractivity contribution in [2.24, 2.45) is 0 Å². The molecule has 6 heteroatoms. The van der Waals surface area contributed by atoms with Crippen LogP contribution in [0.1, 0.15) is 0 Å². The molecule has 2 N–H and O–H groups in total. The number of aromatic amines is 2. The Balaban J connectivity index is 1.45. The molecule has 0 bridgehead atoms. The Kier molecular flexibility index (Phi) is 4.89. The number of benzene rings is 7. The maximum atomic E-state index is 14.4. The highest BCUT2D eigenvalue weighted by atomic mass is 19.1. The molecule has 0 spiro atoms. The number of nitrogens with zero attached hydrogens (tertiary/aromatic N) is 2. The normalized spacial score (nSPS) is 12.4. The van der Waals surface area contributed by atoms with E-state index in [4.69, 9.17) is 9.97 Å². The first-order valence-corrected chi connectivity index (χ1v) is 15.9. The largest absolute Gasteiger partial charge is 0.351 e. The molecule has 0 aromatic heterocycles. The van der Waals surface area contributed by atoms with Gasteiger partial charge in [0, 0.05) is 43.4 Å². The highest BCUT2D eigenvalue weighted by Gasteiger charge is 2.23. The van der Waals surface area contributed by atoms with Gasteiger partial charge in [-0.25, -0.2) is 18.7 Å². The lowest BCUT2D eigenvalue weighted by Gasteiger charge is -2.16. The van der Waals surface area contributed by atoms with Crippen molar-refractivity contribution in [1.82, 2.24) is 19.9 Å². The Morgan fingerprint density at radius 2 is 0.792 bits per heavy atom. The second-order valence-electron chi connectivity index (χ2n) is 12.6. The summed E-state index contributed by atoms with van der Waals surface area (Å²) in [5, 5.41) is 12.4. The van der Waals surface area contributed by atoms with Crippen molar-refractivity contribution in [1.29, 1.82) is 0 Å². The number of H-pyrrole nitrogens is 2. The molecule has 0 amide bonds. The predicted molar refractivity (Wildman–Crippen MR) is 188 cm³/mol. The lowest BCUT2D eigenvalue weighted by atomic mass is 9.94. The molecule has 4 aliphatic rings. The monoisotopic (exact) mass is 620 g/mol. The first-order valence-electron chi connectivity index (χ1n) is 15.9. The Morgan fingerprint density at radius 3 is 1.19 bits per heavy atom. The van der Waals surface area contributed by atoms with Crippen LogP contribution in [0.3, 0.4) is 0 Å². The number of hydrogen-bond acceptors (Lipinski definition) is 2. The van der Waals surface area contributed by atoms with E-state index in [2.05, 4.69) is 82.8 Å². The van der Waals surface area contributed by atoms with Crippen molar-refractivity contribution in [3.63, 3.8) is 0 Å². The Hall–Kier alpha value is -6.40. The van der Waals surface area contributed by atoms with Crippen molar-refractivity contribution in [2.75, 3.05) is 0 Å². The van der Waals surface area contributed by atoms with E-state index in [-0.39, 0.29) is 11.6 Å². The maximum absolute atomic E-state index is 14.4. The van der Waals surface area contributed by atoms with Crippen LogP contribution in [0.4, 0.5) is 8.78 Å². The molecule has 0 saturated heterocycles. The fraction of sp³-hybridized carbons (Fsp3) is 0. The molecule has 2 aliphatic carbocycles. The summed E-state index contributed by atoms with van der Waals surface area (Å²) in [6.07, 6.45) is 0. The quantitative estimate of drug-likeness (QED) is 0.202. The van der Waals surface area contributed by atoms with Crippen LogP contribution in [0.25, 0.3) is 87.4 Å². The van der Waals surface area contributed by atoms with Crippen LogP contribution < -0.4 is 0 Å². The highest BCUT2D eigenvalue weighted by Crippen LogP contribution is 2.43. The number of fused-ring (bicyclic) bond motifs is 6. The summed E-state index contributed by atoms with van der Waals surface area (Å²) < 4.78 is 28.8. The molecule has 0 saturated carbocycles. The van der Waals surface area contributed by atoms with Gasteiger partial charge in [-0.2, -0.15) is 0 Å². The minimum Gasteiger partial charge on any atom is -0.351 e. The molecule has 11 rings (SSSR count). The van der Waals surface area contributed by atoms with Crippen molar-refractivity contribution in [3.05, 3.63) is 154 Å². The standard InChI is InChI=1S/C42H22F2N4/c43-25-17-13-23(14-18-25)33-39-40(46-36-28-10-2-6-21-5-1-9-27(31(21)28)35(36)45-39)34(24-15-19-26(44)20-16-24)42-41(33)47-37-29-11-3-7-22-8-4-12-30(32(22)29)38(37)48-42/h1-20,45,48H. The molecular formula is C42H22F2N4.